The molecule has 0 heterocycles. The van der Waals surface area contributed by atoms with E-state index in [2.05, 4.69) is 6.92 Å². The first-order valence-electron chi connectivity index (χ1n) is 6.40. The lowest BCUT2D eigenvalue weighted by Gasteiger charge is -2.35. The molecule has 0 N–H and O–H groups in total. The van der Waals surface area contributed by atoms with Crippen LogP contribution in [-0.2, 0) is 10.0 Å². The molecule has 0 bridgehead atoms. The van der Waals surface area contributed by atoms with E-state index in [1.807, 2.05) is 6.92 Å². The minimum Gasteiger partial charge on any atom is -0.212 e. The molecule has 0 aliphatic heterocycles. The van der Waals surface area contributed by atoms with Crippen molar-refractivity contribution in [3.05, 3.63) is 0 Å². The van der Waals surface area contributed by atoms with E-state index >= 15 is 0 Å². The van der Waals surface area contributed by atoms with Gasteiger partial charge < -0.3 is 0 Å². The summed E-state index contributed by atoms with van der Waals surface area (Å²) in [4.78, 5) is 0. The summed E-state index contributed by atoms with van der Waals surface area (Å²) in [5, 5.41) is 0. The topological polar surface area (TPSA) is 37.4 Å². The van der Waals surface area contributed by atoms with Crippen LogP contribution in [0, 0.1) is 11.8 Å². The molecule has 0 aromatic rings. The minimum atomic E-state index is -3.16. The third kappa shape index (κ3) is 4.11. The Morgan fingerprint density at radius 3 is 2.47 bits per heavy atom. The number of nitrogens with zero attached hydrogens (tertiary/aromatic N) is 1. The second-order valence-electron chi connectivity index (χ2n) is 5.38. The highest BCUT2D eigenvalue weighted by Crippen LogP contribution is 2.29. The molecule has 3 nitrogen and oxygen atoms in total. The van der Waals surface area contributed by atoms with Gasteiger partial charge in [0.2, 0.25) is 10.0 Å². The number of halogens is 1. The molecule has 1 fully saturated rings. The lowest BCUT2D eigenvalue weighted by molar-refractivity contribution is 0.213. The molecule has 3 atom stereocenters. The van der Waals surface area contributed by atoms with Gasteiger partial charge in [-0.05, 0) is 24.7 Å². The molecule has 0 spiro atoms. The first kappa shape index (κ1) is 15.3. The average molecular weight is 282 g/mol. The zero-order valence-corrected chi connectivity index (χ0v) is 12.6. The molecule has 1 rings (SSSR count). The van der Waals surface area contributed by atoms with Crippen LogP contribution in [0.25, 0.3) is 0 Å². The van der Waals surface area contributed by atoms with Crippen molar-refractivity contribution in [2.45, 2.75) is 45.6 Å². The molecule has 1 saturated carbocycles. The van der Waals surface area contributed by atoms with Crippen molar-refractivity contribution in [1.29, 1.82) is 0 Å². The van der Waals surface area contributed by atoms with Crippen LogP contribution in [0.3, 0.4) is 0 Å². The lowest BCUT2D eigenvalue weighted by atomic mass is 9.86. The van der Waals surface area contributed by atoms with E-state index in [9.17, 15) is 8.42 Å². The van der Waals surface area contributed by atoms with Gasteiger partial charge in [0.1, 0.15) is 0 Å². The number of rotatable bonds is 5. The van der Waals surface area contributed by atoms with Crippen LogP contribution in [0.5, 0.6) is 0 Å². The smallest absolute Gasteiger partial charge is 0.212 e. The highest BCUT2D eigenvalue weighted by Gasteiger charge is 2.32. The Bertz CT molecular complexity index is 331. The molecule has 5 heteroatoms. The number of alkyl halides is 1. The van der Waals surface area contributed by atoms with Crippen molar-refractivity contribution < 1.29 is 8.42 Å². The van der Waals surface area contributed by atoms with Crippen LogP contribution in [0.2, 0.25) is 0 Å². The molecule has 0 radical (unpaired) electrons. The summed E-state index contributed by atoms with van der Waals surface area (Å²) in [5.74, 6) is 1.04. The van der Waals surface area contributed by atoms with Crippen LogP contribution in [0.4, 0.5) is 0 Å². The lowest BCUT2D eigenvalue weighted by Crippen LogP contribution is -2.44. The maximum Gasteiger partial charge on any atom is 0.214 e. The van der Waals surface area contributed by atoms with Crippen molar-refractivity contribution in [1.82, 2.24) is 4.31 Å². The molecule has 0 amide bonds. The van der Waals surface area contributed by atoms with E-state index in [0.717, 1.165) is 19.3 Å². The summed E-state index contributed by atoms with van der Waals surface area (Å²) in [6.45, 7) is 4.03. The van der Waals surface area contributed by atoms with E-state index in [1.54, 1.807) is 11.4 Å². The van der Waals surface area contributed by atoms with Crippen LogP contribution >= 0.6 is 11.6 Å². The second-order valence-corrected chi connectivity index (χ2v) is 7.77. The molecular weight excluding hydrogens is 258 g/mol. The Labute approximate surface area is 111 Å². The SMILES string of the molecule is CC(CCl)CS(=O)(=O)N(C)C1CCCCC1C. The summed E-state index contributed by atoms with van der Waals surface area (Å²) in [6.07, 6.45) is 4.49. The molecule has 17 heavy (non-hydrogen) atoms. The van der Waals surface area contributed by atoms with E-state index in [1.165, 1.54) is 6.42 Å². The maximum absolute atomic E-state index is 12.2. The summed E-state index contributed by atoms with van der Waals surface area (Å²) < 4.78 is 26.0. The summed E-state index contributed by atoms with van der Waals surface area (Å²) in [5.41, 5.74) is 0. The Kier molecular flexibility index (Phi) is 5.74. The molecular formula is C12H24ClNO2S. The Morgan fingerprint density at radius 2 is 1.94 bits per heavy atom. The molecule has 0 saturated heterocycles. The van der Waals surface area contributed by atoms with Crippen molar-refractivity contribution >= 4 is 21.6 Å². The first-order chi connectivity index (χ1) is 7.88. The molecule has 102 valence electrons. The standard InChI is InChI=1S/C12H24ClNO2S/c1-10(8-13)9-17(15,16)14(3)12-7-5-4-6-11(12)2/h10-12H,4-9H2,1-3H3. The molecule has 1 aliphatic carbocycles. The van der Waals surface area contributed by atoms with Gasteiger partial charge >= 0.3 is 0 Å². The molecule has 3 unspecified atom stereocenters. The fourth-order valence-corrected chi connectivity index (χ4v) is 4.60. The van der Waals surface area contributed by atoms with Crippen molar-refractivity contribution in [3.8, 4) is 0 Å². The molecule has 1 aliphatic rings. The third-order valence-electron chi connectivity index (χ3n) is 3.73. The van der Waals surface area contributed by atoms with Gasteiger partial charge in [0.25, 0.3) is 0 Å². The second kappa shape index (κ2) is 6.39. The van der Waals surface area contributed by atoms with Crippen LogP contribution < -0.4 is 0 Å². The van der Waals surface area contributed by atoms with Gasteiger partial charge in [-0.2, -0.15) is 0 Å². The first-order valence-corrected chi connectivity index (χ1v) is 8.54. The summed E-state index contributed by atoms with van der Waals surface area (Å²) >= 11 is 5.69. The van der Waals surface area contributed by atoms with Gasteiger partial charge in [-0.3, -0.25) is 0 Å². The van der Waals surface area contributed by atoms with Crippen molar-refractivity contribution in [2.24, 2.45) is 11.8 Å². The van der Waals surface area contributed by atoms with Gasteiger partial charge in [-0.15, -0.1) is 11.6 Å². The summed E-state index contributed by atoms with van der Waals surface area (Å²) in [7, 11) is -1.43. The van der Waals surface area contributed by atoms with Gasteiger partial charge in [-0.25, -0.2) is 12.7 Å². The Balaban J connectivity index is 2.69. The zero-order valence-electron chi connectivity index (χ0n) is 11.0. The van der Waals surface area contributed by atoms with E-state index in [4.69, 9.17) is 11.6 Å². The van der Waals surface area contributed by atoms with Gasteiger partial charge in [0.05, 0.1) is 5.75 Å². The number of sulfonamides is 1. The minimum absolute atomic E-state index is 0.0167. The van der Waals surface area contributed by atoms with Crippen molar-refractivity contribution in [2.75, 3.05) is 18.7 Å². The Hall–Kier alpha value is 0.200. The molecule has 0 aromatic carbocycles. The zero-order chi connectivity index (χ0) is 13.1. The maximum atomic E-state index is 12.2. The largest absolute Gasteiger partial charge is 0.214 e. The highest BCUT2D eigenvalue weighted by molar-refractivity contribution is 7.89. The van der Waals surface area contributed by atoms with Gasteiger partial charge in [0, 0.05) is 19.0 Å². The van der Waals surface area contributed by atoms with Crippen LogP contribution in [0.15, 0.2) is 0 Å². The monoisotopic (exact) mass is 281 g/mol. The van der Waals surface area contributed by atoms with E-state index in [0.29, 0.717) is 11.8 Å². The average Bonchev–Trinajstić information content (AvgIpc) is 2.28. The normalized spacial score (nSPS) is 28.3. The summed E-state index contributed by atoms with van der Waals surface area (Å²) in [6, 6.07) is 0.177. The predicted molar refractivity (Wildman–Crippen MR) is 72.9 cm³/mol. The molecule has 0 aromatic heterocycles. The van der Waals surface area contributed by atoms with E-state index < -0.39 is 10.0 Å². The predicted octanol–water partition coefficient (Wildman–Crippen LogP) is 2.70. The van der Waals surface area contributed by atoms with Crippen molar-refractivity contribution in [3.63, 3.8) is 0 Å². The van der Waals surface area contributed by atoms with E-state index in [-0.39, 0.29) is 17.7 Å². The fourth-order valence-electron chi connectivity index (χ4n) is 2.56. The third-order valence-corrected chi connectivity index (χ3v) is 6.40. The fraction of sp³-hybridized carbons (Fsp3) is 1.00. The quantitative estimate of drug-likeness (QED) is 0.727. The highest BCUT2D eigenvalue weighted by atomic mass is 35.5. The number of hydrogen-bond acceptors (Lipinski definition) is 2. The number of hydrogen-bond donors (Lipinski definition) is 0. The van der Waals surface area contributed by atoms with Crippen LogP contribution in [0.1, 0.15) is 39.5 Å². The van der Waals surface area contributed by atoms with Gasteiger partial charge in [0.15, 0.2) is 0 Å². The Morgan fingerprint density at radius 1 is 1.35 bits per heavy atom. The van der Waals surface area contributed by atoms with Gasteiger partial charge in [-0.1, -0.05) is 26.7 Å². The van der Waals surface area contributed by atoms with Crippen LogP contribution in [-0.4, -0.2) is 37.4 Å².